The lowest BCUT2D eigenvalue weighted by molar-refractivity contribution is 0.408. The minimum Gasteiger partial charge on any atom is -0.496 e. The lowest BCUT2D eigenvalue weighted by Crippen LogP contribution is -2.03. The number of nitrogens with one attached hydrogen (secondary N) is 1. The molecule has 0 radical (unpaired) electrons. The standard InChI is InChI=1S/C16H15BrFN3O/c1-8-6-11(17)16(21-15(8)19-4)20-14-9(2)12(18)7-13(22-5)10(14)3/h6-7H,1-3,5H3,(H,20,21). The van der Waals surface area contributed by atoms with E-state index in [1.807, 2.05) is 19.9 Å². The number of rotatable bonds is 3. The Balaban J connectivity index is 2.57. The van der Waals surface area contributed by atoms with E-state index in [9.17, 15) is 4.39 Å². The highest BCUT2D eigenvalue weighted by Crippen LogP contribution is 2.36. The van der Waals surface area contributed by atoms with Crippen LogP contribution in [0.5, 0.6) is 5.75 Å². The van der Waals surface area contributed by atoms with Crippen LogP contribution in [0.3, 0.4) is 0 Å². The molecular formula is C16H15BrFN3O. The van der Waals surface area contributed by atoms with Gasteiger partial charge in [-0.2, -0.15) is 0 Å². The fraction of sp³-hybridized carbons (Fsp3) is 0.250. The van der Waals surface area contributed by atoms with E-state index >= 15 is 0 Å². The SMILES string of the molecule is [C-]#[N+]c1nc(Nc2c(C)c(F)cc(OC)c2C)c(Br)cc1C. The number of methoxy groups -OCH3 is 1. The van der Waals surface area contributed by atoms with Gasteiger partial charge in [-0.25, -0.2) is 4.39 Å². The van der Waals surface area contributed by atoms with E-state index in [2.05, 4.69) is 31.1 Å². The summed E-state index contributed by atoms with van der Waals surface area (Å²) in [5, 5.41) is 3.10. The van der Waals surface area contributed by atoms with Gasteiger partial charge in [-0.15, -0.1) is 4.98 Å². The smallest absolute Gasteiger partial charge is 0.274 e. The van der Waals surface area contributed by atoms with Gasteiger partial charge in [-0.3, -0.25) is 0 Å². The van der Waals surface area contributed by atoms with Crippen LogP contribution in [0, 0.1) is 33.2 Å². The molecule has 114 valence electrons. The predicted molar refractivity (Wildman–Crippen MR) is 88.6 cm³/mol. The van der Waals surface area contributed by atoms with Gasteiger partial charge in [-0.05, 0) is 48.3 Å². The van der Waals surface area contributed by atoms with Gasteiger partial charge >= 0.3 is 0 Å². The number of aryl methyl sites for hydroxylation is 1. The Labute approximate surface area is 137 Å². The minimum absolute atomic E-state index is 0.310. The molecule has 6 heteroatoms. The molecule has 2 rings (SSSR count). The third kappa shape index (κ3) is 2.90. The fourth-order valence-corrected chi connectivity index (χ4v) is 2.68. The number of benzene rings is 1. The molecule has 1 heterocycles. The Kier molecular flexibility index (Phi) is 4.67. The first kappa shape index (κ1) is 16.2. The van der Waals surface area contributed by atoms with Crippen molar-refractivity contribution in [3.05, 3.63) is 50.5 Å². The Bertz CT molecular complexity index is 784. The van der Waals surface area contributed by atoms with Crippen molar-refractivity contribution in [3.63, 3.8) is 0 Å². The number of hydrogen-bond donors (Lipinski definition) is 1. The van der Waals surface area contributed by atoms with Gasteiger partial charge in [0.25, 0.3) is 5.82 Å². The normalized spacial score (nSPS) is 10.2. The number of halogens is 2. The van der Waals surface area contributed by atoms with Crippen molar-refractivity contribution in [2.75, 3.05) is 12.4 Å². The van der Waals surface area contributed by atoms with Crippen LogP contribution in [-0.2, 0) is 0 Å². The molecule has 0 fully saturated rings. The van der Waals surface area contributed by atoms with Gasteiger partial charge in [0.2, 0.25) is 5.82 Å². The topological polar surface area (TPSA) is 38.5 Å². The van der Waals surface area contributed by atoms with Crippen LogP contribution in [0.25, 0.3) is 4.85 Å². The maximum absolute atomic E-state index is 14.0. The molecule has 1 aromatic carbocycles. The lowest BCUT2D eigenvalue weighted by Gasteiger charge is -2.15. The van der Waals surface area contributed by atoms with Gasteiger partial charge in [0, 0.05) is 17.2 Å². The molecule has 0 bridgehead atoms. The van der Waals surface area contributed by atoms with Gasteiger partial charge in [0.15, 0.2) is 0 Å². The Morgan fingerprint density at radius 3 is 2.55 bits per heavy atom. The average molecular weight is 364 g/mol. The molecule has 1 N–H and O–H groups in total. The summed E-state index contributed by atoms with van der Waals surface area (Å²) in [7, 11) is 1.50. The fourth-order valence-electron chi connectivity index (χ4n) is 2.14. The highest BCUT2D eigenvalue weighted by molar-refractivity contribution is 9.10. The zero-order chi connectivity index (χ0) is 16.4. The van der Waals surface area contributed by atoms with Crippen molar-refractivity contribution in [2.24, 2.45) is 0 Å². The number of hydrogen-bond acceptors (Lipinski definition) is 3. The number of nitrogens with zero attached hydrogens (tertiary/aromatic N) is 2. The van der Waals surface area contributed by atoms with E-state index in [4.69, 9.17) is 11.3 Å². The van der Waals surface area contributed by atoms with Crippen LogP contribution >= 0.6 is 15.9 Å². The largest absolute Gasteiger partial charge is 0.496 e. The Morgan fingerprint density at radius 2 is 1.95 bits per heavy atom. The number of pyridine rings is 1. The monoisotopic (exact) mass is 363 g/mol. The molecule has 2 aromatic rings. The van der Waals surface area contributed by atoms with E-state index in [0.717, 1.165) is 11.1 Å². The predicted octanol–water partition coefficient (Wildman–Crippen LogP) is 5.21. The van der Waals surface area contributed by atoms with Crippen molar-refractivity contribution in [2.45, 2.75) is 20.8 Å². The molecule has 1 aromatic heterocycles. The summed E-state index contributed by atoms with van der Waals surface area (Å²) in [4.78, 5) is 7.67. The molecular weight excluding hydrogens is 349 g/mol. The van der Waals surface area contributed by atoms with Crippen molar-refractivity contribution < 1.29 is 9.13 Å². The summed E-state index contributed by atoms with van der Waals surface area (Å²) >= 11 is 3.42. The van der Waals surface area contributed by atoms with Crippen LogP contribution in [0.2, 0.25) is 0 Å². The first-order valence-electron chi connectivity index (χ1n) is 6.54. The second kappa shape index (κ2) is 6.32. The molecule has 0 aliphatic carbocycles. The molecule has 0 aliphatic heterocycles. The van der Waals surface area contributed by atoms with E-state index in [1.165, 1.54) is 13.2 Å². The summed E-state index contributed by atoms with van der Waals surface area (Å²) in [6.07, 6.45) is 0. The van der Waals surface area contributed by atoms with Crippen molar-refractivity contribution in [1.29, 1.82) is 0 Å². The molecule has 0 unspecified atom stereocenters. The zero-order valence-electron chi connectivity index (χ0n) is 12.7. The number of aromatic nitrogens is 1. The van der Waals surface area contributed by atoms with Gasteiger partial charge in [0.05, 0.1) is 17.3 Å². The first-order valence-corrected chi connectivity index (χ1v) is 7.33. The summed E-state index contributed by atoms with van der Waals surface area (Å²) in [6.45, 7) is 12.5. The highest BCUT2D eigenvalue weighted by atomic mass is 79.9. The first-order chi connectivity index (χ1) is 10.4. The van der Waals surface area contributed by atoms with Gasteiger partial charge < -0.3 is 14.9 Å². The second-order valence-corrected chi connectivity index (χ2v) is 5.74. The molecule has 0 spiro atoms. The maximum atomic E-state index is 14.0. The van der Waals surface area contributed by atoms with Crippen LogP contribution in [-0.4, -0.2) is 12.1 Å². The van der Waals surface area contributed by atoms with Crippen molar-refractivity contribution >= 4 is 33.3 Å². The minimum atomic E-state index is -0.362. The molecule has 0 saturated heterocycles. The van der Waals surface area contributed by atoms with Crippen LogP contribution in [0.1, 0.15) is 16.7 Å². The molecule has 0 amide bonds. The summed E-state index contributed by atoms with van der Waals surface area (Å²) in [5.74, 6) is 0.873. The summed E-state index contributed by atoms with van der Waals surface area (Å²) in [5.41, 5.74) is 2.61. The van der Waals surface area contributed by atoms with E-state index in [-0.39, 0.29) is 5.82 Å². The quantitative estimate of drug-likeness (QED) is 0.760. The third-order valence-electron chi connectivity index (χ3n) is 3.44. The molecule has 0 atom stereocenters. The molecule has 0 aliphatic rings. The zero-order valence-corrected chi connectivity index (χ0v) is 14.3. The summed E-state index contributed by atoms with van der Waals surface area (Å²) < 4.78 is 19.9. The van der Waals surface area contributed by atoms with Crippen LogP contribution in [0.4, 0.5) is 21.7 Å². The van der Waals surface area contributed by atoms with Crippen LogP contribution < -0.4 is 10.1 Å². The van der Waals surface area contributed by atoms with Crippen LogP contribution in [0.15, 0.2) is 16.6 Å². The average Bonchev–Trinajstić information content (AvgIpc) is 2.49. The lowest BCUT2D eigenvalue weighted by atomic mass is 10.1. The number of ether oxygens (including phenoxy) is 1. The highest BCUT2D eigenvalue weighted by Gasteiger charge is 2.17. The van der Waals surface area contributed by atoms with E-state index < -0.39 is 0 Å². The van der Waals surface area contributed by atoms with E-state index in [0.29, 0.717) is 33.1 Å². The Morgan fingerprint density at radius 1 is 1.27 bits per heavy atom. The molecule has 0 saturated carbocycles. The van der Waals surface area contributed by atoms with Gasteiger partial charge in [-0.1, -0.05) is 6.57 Å². The maximum Gasteiger partial charge on any atom is 0.274 e. The molecule has 4 nitrogen and oxygen atoms in total. The second-order valence-electron chi connectivity index (χ2n) is 4.88. The summed E-state index contributed by atoms with van der Waals surface area (Å²) in [6, 6.07) is 3.17. The van der Waals surface area contributed by atoms with Crippen molar-refractivity contribution in [3.8, 4) is 5.75 Å². The van der Waals surface area contributed by atoms with E-state index in [1.54, 1.807) is 6.92 Å². The molecule has 22 heavy (non-hydrogen) atoms. The third-order valence-corrected chi connectivity index (χ3v) is 4.05. The Hall–Kier alpha value is -2.13. The number of anilines is 2. The van der Waals surface area contributed by atoms with Crippen molar-refractivity contribution in [1.82, 2.24) is 4.98 Å². The van der Waals surface area contributed by atoms with Gasteiger partial charge in [0.1, 0.15) is 11.6 Å².